The second-order valence-electron chi connectivity index (χ2n) is 6.51. The van der Waals surface area contributed by atoms with E-state index < -0.39 is 11.8 Å². The highest BCUT2D eigenvalue weighted by Gasteiger charge is 2.23. The van der Waals surface area contributed by atoms with E-state index in [9.17, 15) is 14.0 Å². The Morgan fingerprint density at radius 3 is 2.52 bits per heavy atom. The van der Waals surface area contributed by atoms with E-state index in [1.807, 2.05) is 0 Å². The lowest BCUT2D eigenvalue weighted by atomic mass is 10.0. The molecule has 7 heteroatoms. The number of carboxylic acid groups (broad SMARTS) is 1. The first-order chi connectivity index (χ1) is 13.9. The smallest absolute Gasteiger partial charge is 0.335 e. The third-order valence-electron chi connectivity index (χ3n) is 4.67. The fraction of sp³-hybridized carbons (Fsp3) is 0.0455. The number of para-hydroxylation sites is 1. The maximum absolute atomic E-state index is 14.7. The molecule has 0 radical (unpaired) electrons. The van der Waals surface area contributed by atoms with Crippen molar-refractivity contribution in [3.63, 3.8) is 0 Å². The minimum absolute atomic E-state index is 0.0427. The zero-order valence-electron chi connectivity index (χ0n) is 15.2. The van der Waals surface area contributed by atoms with Gasteiger partial charge in [-0.25, -0.2) is 13.9 Å². The highest BCUT2D eigenvalue weighted by Crippen LogP contribution is 2.29. The van der Waals surface area contributed by atoms with Gasteiger partial charge in [-0.3, -0.25) is 4.79 Å². The lowest BCUT2D eigenvalue weighted by Crippen LogP contribution is -2.08. The average molecular weight is 409 g/mol. The van der Waals surface area contributed by atoms with Crippen LogP contribution in [-0.2, 0) is 0 Å². The number of nitrogens with zero attached hydrogens (tertiary/aromatic N) is 2. The molecule has 0 aliphatic heterocycles. The van der Waals surface area contributed by atoms with Crippen molar-refractivity contribution in [3.8, 4) is 5.69 Å². The molecule has 1 heterocycles. The Hall–Kier alpha value is -3.51. The number of aromatic carboxylic acids is 1. The summed E-state index contributed by atoms with van der Waals surface area (Å²) in [6.07, 6.45) is 0. The minimum Gasteiger partial charge on any atom is -0.478 e. The number of hydrogen-bond acceptors (Lipinski definition) is 3. The number of halogens is 2. The maximum atomic E-state index is 14.7. The molecule has 1 N–H and O–H groups in total. The molecule has 144 valence electrons. The summed E-state index contributed by atoms with van der Waals surface area (Å²) < 4.78 is 16.0. The van der Waals surface area contributed by atoms with E-state index in [-0.39, 0.29) is 22.7 Å². The number of aryl methyl sites for hydroxylation is 1. The van der Waals surface area contributed by atoms with Crippen LogP contribution in [0.2, 0.25) is 5.02 Å². The van der Waals surface area contributed by atoms with Gasteiger partial charge in [-0.2, -0.15) is 5.10 Å². The van der Waals surface area contributed by atoms with Gasteiger partial charge >= 0.3 is 5.97 Å². The molecule has 0 amide bonds. The van der Waals surface area contributed by atoms with Gasteiger partial charge in [0.25, 0.3) is 0 Å². The monoisotopic (exact) mass is 408 g/mol. The molecule has 0 spiro atoms. The first kappa shape index (κ1) is 18.8. The van der Waals surface area contributed by atoms with Gasteiger partial charge in [-0.1, -0.05) is 41.9 Å². The van der Waals surface area contributed by atoms with Crippen LogP contribution in [0.3, 0.4) is 0 Å². The van der Waals surface area contributed by atoms with Crippen LogP contribution < -0.4 is 0 Å². The fourth-order valence-corrected chi connectivity index (χ4v) is 3.57. The zero-order chi connectivity index (χ0) is 20.7. The number of hydrogen-bond donors (Lipinski definition) is 1. The SMILES string of the molecule is Cc1cccc(Cl)c1C(=O)c1nn(-c2ccc(C(=O)O)cc2F)c2ccccc12. The Morgan fingerprint density at radius 1 is 1.07 bits per heavy atom. The van der Waals surface area contributed by atoms with Crippen LogP contribution in [0.15, 0.2) is 60.7 Å². The van der Waals surface area contributed by atoms with Gasteiger partial charge in [0.15, 0.2) is 0 Å². The standard InChI is InChI=1S/C22H14ClFN2O3/c1-12-5-4-7-15(23)19(12)21(27)20-14-6-2-3-8-17(14)26(25-20)18-10-9-13(22(28)29)11-16(18)24/h2-11H,1H3,(H,28,29). The predicted molar refractivity (Wildman–Crippen MR) is 108 cm³/mol. The Labute approximate surface area is 170 Å². The van der Waals surface area contributed by atoms with Gasteiger partial charge in [0, 0.05) is 10.9 Å². The van der Waals surface area contributed by atoms with Gasteiger partial charge in [-0.05, 0) is 42.8 Å². The molecular formula is C22H14ClFN2O3. The van der Waals surface area contributed by atoms with Crippen LogP contribution >= 0.6 is 11.6 Å². The molecule has 0 saturated heterocycles. The van der Waals surface area contributed by atoms with Crippen molar-refractivity contribution in [2.24, 2.45) is 0 Å². The van der Waals surface area contributed by atoms with E-state index in [0.29, 0.717) is 27.1 Å². The summed E-state index contributed by atoms with van der Waals surface area (Å²) in [5, 5.41) is 14.3. The molecule has 3 aromatic carbocycles. The number of ketones is 1. The van der Waals surface area contributed by atoms with Crippen LogP contribution in [0.1, 0.15) is 32.0 Å². The molecular weight excluding hydrogens is 395 g/mol. The number of fused-ring (bicyclic) bond motifs is 1. The average Bonchev–Trinajstić information content (AvgIpc) is 3.07. The first-order valence-corrected chi connectivity index (χ1v) is 9.07. The van der Waals surface area contributed by atoms with E-state index in [4.69, 9.17) is 16.7 Å². The molecule has 29 heavy (non-hydrogen) atoms. The first-order valence-electron chi connectivity index (χ1n) is 8.69. The molecule has 0 bridgehead atoms. The minimum atomic E-state index is -1.23. The van der Waals surface area contributed by atoms with Gasteiger partial charge in [0.05, 0.1) is 16.1 Å². The summed E-state index contributed by atoms with van der Waals surface area (Å²) in [7, 11) is 0. The highest BCUT2D eigenvalue weighted by atomic mass is 35.5. The molecule has 0 aliphatic carbocycles. The third-order valence-corrected chi connectivity index (χ3v) is 4.99. The Balaban J connectivity index is 1.94. The number of rotatable bonds is 4. The van der Waals surface area contributed by atoms with E-state index in [1.54, 1.807) is 49.4 Å². The summed E-state index contributed by atoms with van der Waals surface area (Å²) in [6, 6.07) is 15.6. The molecule has 1 aromatic heterocycles. The summed E-state index contributed by atoms with van der Waals surface area (Å²) in [5.41, 5.74) is 1.57. The lowest BCUT2D eigenvalue weighted by Gasteiger charge is -2.06. The Morgan fingerprint density at radius 2 is 1.83 bits per heavy atom. The lowest BCUT2D eigenvalue weighted by molar-refractivity contribution is 0.0696. The molecule has 4 rings (SSSR count). The van der Waals surface area contributed by atoms with Gasteiger partial charge in [0.1, 0.15) is 17.2 Å². The number of aromatic nitrogens is 2. The predicted octanol–water partition coefficient (Wildman–Crippen LogP) is 5.06. The second kappa shape index (κ2) is 7.14. The maximum Gasteiger partial charge on any atom is 0.335 e. The van der Waals surface area contributed by atoms with Gasteiger partial charge in [-0.15, -0.1) is 0 Å². The van der Waals surface area contributed by atoms with E-state index in [2.05, 4.69) is 5.10 Å². The molecule has 0 atom stereocenters. The van der Waals surface area contributed by atoms with E-state index in [0.717, 1.165) is 6.07 Å². The second-order valence-corrected chi connectivity index (χ2v) is 6.92. The van der Waals surface area contributed by atoms with Gasteiger partial charge < -0.3 is 5.11 Å². The van der Waals surface area contributed by atoms with Crippen molar-refractivity contribution < 1.29 is 19.1 Å². The number of benzene rings is 3. The van der Waals surface area contributed by atoms with Crippen LogP contribution in [0, 0.1) is 12.7 Å². The van der Waals surface area contributed by atoms with Crippen LogP contribution in [-0.4, -0.2) is 26.6 Å². The van der Waals surface area contributed by atoms with Crippen LogP contribution in [0.4, 0.5) is 4.39 Å². The molecule has 5 nitrogen and oxygen atoms in total. The molecule has 0 aliphatic rings. The van der Waals surface area contributed by atoms with Crippen molar-refractivity contribution in [1.82, 2.24) is 9.78 Å². The third kappa shape index (κ3) is 3.17. The van der Waals surface area contributed by atoms with Crippen molar-refractivity contribution >= 4 is 34.3 Å². The number of carboxylic acids is 1. The zero-order valence-corrected chi connectivity index (χ0v) is 15.9. The van der Waals surface area contributed by atoms with Crippen molar-refractivity contribution in [3.05, 3.63) is 93.9 Å². The van der Waals surface area contributed by atoms with Crippen molar-refractivity contribution in [1.29, 1.82) is 0 Å². The highest BCUT2D eigenvalue weighted by molar-refractivity contribution is 6.35. The van der Waals surface area contributed by atoms with Crippen molar-refractivity contribution in [2.75, 3.05) is 0 Å². The Kier molecular flexibility index (Phi) is 4.64. The molecule has 0 saturated carbocycles. The van der Waals surface area contributed by atoms with Crippen molar-refractivity contribution in [2.45, 2.75) is 6.92 Å². The number of carbonyl (C=O) groups is 2. The summed E-state index contributed by atoms with van der Waals surface area (Å²) in [4.78, 5) is 24.3. The number of carbonyl (C=O) groups excluding carboxylic acids is 1. The Bertz CT molecular complexity index is 1280. The molecule has 4 aromatic rings. The normalized spacial score (nSPS) is 11.0. The van der Waals surface area contributed by atoms with Gasteiger partial charge in [0.2, 0.25) is 5.78 Å². The topological polar surface area (TPSA) is 72.2 Å². The summed E-state index contributed by atoms with van der Waals surface area (Å²) in [6.45, 7) is 1.78. The molecule has 0 unspecified atom stereocenters. The quantitative estimate of drug-likeness (QED) is 0.479. The van der Waals surface area contributed by atoms with E-state index in [1.165, 1.54) is 16.8 Å². The van der Waals surface area contributed by atoms with E-state index >= 15 is 0 Å². The summed E-state index contributed by atoms with van der Waals surface area (Å²) in [5.74, 6) is -2.36. The van der Waals surface area contributed by atoms with Crippen LogP contribution in [0.5, 0.6) is 0 Å². The largest absolute Gasteiger partial charge is 0.478 e. The van der Waals surface area contributed by atoms with Crippen LogP contribution in [0.25, 0.3) is 16.6 Å². The fourth-order valence-electron chi connectivity index (χ4n) is 3.27. The summed E-state index contributed by atoms with van der Waals surface area (Å²) >= 11 is 6.25. The molecule has 0 fully saturated rings.